The lowest BCUT2D eigenvalue weighted by molar-refractivity contribution is -0.137. The highest BCUT2D eigenvalue weighted by Crippen LogP contribution is 1.93. The van der Waals surface area contributed by atoms with Crippen molar-refractivity contribution in [2.24, 2.45) is 0 Å². The molecule has 0 aliphatic heterocycles. The molecule has 16 heteroatoms. The quantitative estimate of drug-likeness (QED) is 0.0481. The summed E-state index contributed by atoms with van der Waals surface area (Å²) in [4.78, 5) is 43.8. The number of unbranched alkanes of at least 4 members (excludes halogenated alkanes) is 1. The summed E-state index contributed by atoms with van der Waals surface area (Å²) in [5, 5.41) is 16.2. The van der Waals surface area contributed by atoms with Gasteiger partial charge in [-0.15, -0.1) is 0 Å². The van der Waals surface area contributed by atoms with Crippen LogP contribution in [0.5, 0.6) is 0 Å². The Labute approximate surface area is 253 Å². The molecule has 0 fully saturated rings. The van der Waals surface area contributed by atoms with Gasteiger partial charge in [0.05, 0.1) is 112 Å². The van der Waals surface area contributed by atoms with E-state index in [0.29, 0.717) is 131 Å². The molecule has 0 aliphatic rings. The highest BCUT2D eigenvalue weighted by molar-refractivity contribution is 5.84. The number of carboxylic acids is 1. The summed E-state index contributed by atoms with van der Waals surface area (Å²) < 4.78 is 43.0. The molecule has 0 radical (unpaired) electrons. The molecule has 0 bridgehead atoms. The third-order valence-corrected chi connectivity index (χ3v) is 5.14. The Balaban J connectivity index is 3.19. The number of carboxylic acid groups (broad SMARTS) is 1. The zero-order chi connectivity index (χ0) is 31.5. The average Bonchev–Trinajstić information content (AvgIpc) is 2.99. The van der Waals surface area contributed by atoms with Crippen LogP contribution in [-0.4, -0.2) is 155 Å². The van der Waals surface area contributed by atoms with E-state index in [1.807, 2.05) is 0 Å². The Kier molecular flexibility index (Phi) is 32.1. The van der Waals surface area contributed by atoms with E-state index in [-0.39, 0.29) is 37.8 Å². The van der Waals surface area contributed by atoms with Crippen LogP contribution in [0, 0.1) is 0 Å². The van der Waals surface area contributed by atoms with Crippen LogP contribution in [-0.2, 0) is 57.1 Å². The van der Waals surface area contributed by atoms with E-state index in [1.54, 1.807) is 0 Å². The third kappa shape index (κ3) is 35.7. The van der Waals surface area contributed by atoms with Crippen LogP contribution < -0.4 is 16.0 Å². The summed E-state index contributed by atoms with van der Waals surface area (Å²) in [7, 11) is 0. The molecule has 0 heterocycles. The highest BCUT2D eigenvalue weighted by atomic mass is 16.6. The van der Waals surface area contributed by atoms with Crippen LogP contribution in [0.3, 0.4) is 0 Å². The third-order valence-electron chi connectivity index (χ3n) is 5.14. The lowest BCUT2D eigenvalue weighted by Gasteiger charge is -2.09. The first kappa shape index (κ1) is 40.6. The van der Waals surface area contributed by atoms with Gasteiger partial charge in [0, 0.05) is 25.9 Å². The fourth-order valence-corrected chi connectivity index (χ4v) is 2.96. The molecule has 0 saturated heterocycles. The molecular weight excluding hydrogens is 574 g/mol. The zero-order valence-corrected chi connectivity index (χ0v) is 25.2. The number of carbonyl (C=O) groups is 4. The van der Waals surface area contributed by atoms with Crippen molar-refractivity contribution in [3.63, 3.8) is 0 Å². The van der Waals surface area contributed by atoms with E-state index in [0.717, 1.165) is 0 Å². The van der Waals surface area contributed by atoms with E-state index in [2.05, 4.69) is 16.0 Å². The molecule has 0 saturated carbocycles. The second-order valence-electron chi connectivity index (χ2n) is 8.70. The average molecular weight is 626 g/mol. The maximum Gasteiger partial charge on any atom is 0.303 e. The summed E-state index contributed by atoms with van der Waals surface area (Å²) >= 11 is 0. The lowest BCUT2D eigenvalue weighted by atomic mass is 10.2. The molecule has 0 spiro atoms. The van der Waals surface area contributed by atoms with Gasteiger partial charge >= 0.3 is 5.97 Å². The maximum atomic E-state index is 11.7. The van der Waals surface area contributed by atoms with Crippen molar-refractivity contribution in [1.29, 1.82) is 0 Å². The van der Waals surface area contributed by atoms with Crippen molar-refractivity contribution in [3.8, 4) is 0 Å². The lowest BCUT2D eigenvalue weighted by Crippen LogP contribution is -2.37. The molecule has 0 unspecified atom stereocenters. The minimum Gasteiger partial charge on any atom is -0.481 e. The summed E-state index contributed by atoms with van der Waals surface area (Å²) in [5.74, 6) is -1.48. The molecule has 0 aromatic carbocycles. The number of hydrogen-bond acceptors (Lipinski definition) is 12. The van der Waals surface area contributed by atoms with E-state index in [1.165, 1.54) is 0 Å². The van der Waals surface area contributed by atoms with Gasteiger partial charge in [-0.05, 0) is 12.8 Å². The molecule has 0 aromatic heterocycles. The van der Waals surface area contributed by atoms with E-state index < -0.39 is 5.97 Å². The molecule has 0 atom stereocenters. The Bertz CT molecular complexity index is 674. The van der Waals surface area contributed by atoms with Crippen molar-refractivity contribution >= 4 is 24.2 Å². The Morgan fingerprint density at radius 3 is 1.33 bits per heavy atom. The molecule has 3 amide bonds. The molecule has 43 heavy (non-hydrogen) atoms. The smallest absolute Gasteiger partial charge is 0.303 e. The largest absolute Gasteiger partial charge is 0.481 e. The molecule has 0 rings (SSSR count). The van der Waals surface area contributed by atoms with Crippen LogP contribution >= 0.6 is 0 Å². The molecule has 0 aliphatic carbocycles. The predicted molar refractivity (Wildman–Crippen MR) is 153 cm³/mol. The predicted octanol–water partition coefficient (Wildman–Crippen LogP) is -1.26. The number of ether oxygens (including phenoxy) is 8. The fourth-order valence-electron chi connectivity index (χ4n) is 2.96. The number of hydrogen-bond donors (Lipinski definition) is 4. The molecular formula is C27H51N3O13. The molecule has 252 valence electrons. The van der Waals surface area contributed by atoms with Gasteiger partial charge in [0.1, 0.15) is 0 Å². The van der Waals surface area contributed by atoms with Gasteiger partial charge in [0.25, 0.3) is 0 Å². The van der Waals surface area contributed by atoms with E-state index in [4.69, 9.17) is 43.0 Å². The SMILES string of the molecule is O=CNCCOCCOCCOCCOCCOCCOCCOCCOCCC(=O)NCC(=O)NCCCCC(=O)O. The first-order valence-corrected chi connectivity index (χ1v) is 14.6. The van der Waals surface area contributed by atoms with Gasteiger partial charge in [-0.1, -0.05) is 0 Å². The Morgan fingerprint density at radius 2 is 0.907 bits per heavy atom. The Hall–Kier alpha value is -2.44. The number of carbonyl (C=O) groups excluding carboxylic acids is 3. The molecule has 4 N–H and O–H groups in total. The van der Waals surface area contributed by atoms with Crippen LogP contribution in [0.4, 0.5) is 0 Å². The molecule has 16 nitrogen and oxygen atoms in total. The van der Waals surface area contributed by atoms with Crippen LogP contribution in [0.25, 0.3) is 0 Å². The van der Waals surface area contributed by atoms with Crippen LogP contribution in [0.2, 0.25) is 0 Å². The number of amides is 3. The van der Waals surface area contributed by atoms with Gasteiger partial charge in [-0.2, -0.15) is 0 Å². The van der Waals surface area contributed by atoms with Crippen molar-refractivity contribution in [1.82, 2.24) is 16.0 Å². The van der Waals surface area contributed by atoms with Crippen LogP contribution in [0.15, 0.2) is 0 Å². The van der Waals surface area contributed by atoms with E-state index in [9.17, 15) is 19.2 Å². The topological polar surface area (TPSA) is 198 Å². The summed E-state index contributed by atoms with van der Waals surface area (Å²) in [5.41, 5.74) is 0. The normalized spacial score (nSPS) is 10.9. The first-order valence-electron chi connectivity index (χ1n) is 14.6. The van der Waals surface area contributed by atoms with Gasteiger partial charge in [-0.25, -0.2) is 0 Å². The van der Waals surface area contributed by atoms with Gasteiger partial charge in [-0.3, -0.25) is 19.2 Å². The highest BCUT2D eigenvalue weighted by Gasteiger charge is 2.05. The number of aliphatic carboxylic acids is 1. The second-order valence-corrected chi connectivity index (χ2v) is 8.70. The monoisotopic (exact) mass is 625 g/mol. The Morgan fingerprint density at radius 1 is 0.488 bits per heavy atom. The van der Waals surface area contributed by atoms with Crippen LogP contribution in [0.1, 0.15) is 25.7 Å². The minimum absolute atomic E-state index is 0.0690. The zero-order valence-electron chi connectivity index (χ0n) is 25.2. The standard InChI is InChI=1S/C27H51N3O13/c31-24-28-6-8-37-10-12-39-14-16-41-18-20-43-22-21-42-19-17-40-15-13-38-11-9-36-7-4-25(32)30-23-26(33)29-5-2-1-3-27(34)35/h24H,1-23H2,(H,28,31)(H,29,33)(H,30,32)(H,34,35). The number of rotatable bonds is 35. The minimum atomic E-state index is -0.863. The van der Waals surface area contributed by atoms with Gasteiger partial charge < -0.3 is 59.0 Å². The van der Waals surface area contributed by atoms with Crippen molar-refractivity contribution in [2.45, 2.75) is 25.7 Å². The maximum absolute atomic E-state index is 11.7. The van der Waals surface area contributed by atoms with Gasteiger partial charge in [0.2, 0.25) is 18.2 Å². The second kappa shape index (κ2) is 34.1. The number of nitrogens with one attached hydrogen (secondary N) is 3. The van der Waals surface area contributed by atoms with Crippen molar-refractivity contribution < 1.29 is 62.2 Å². The van der Waals surface area contributed by atoms with Crippen molar-refractivity contribution in [3.05, 3.63) is 0 Å². The van der Waals surface area contributed by atoms with Crippen molar-refractivity contribution in [2.75, 3.05) is 125 Å². The van der Waals surface area contributed by atoms with Gasteiger partial charge in [0.15, 0.2) is 0 Å². The first-order chi connectivity index (χ1) is 21.1. The summed E-state index contributed by atoms with van der Waals surface area (Å²) in [6.45, 7) is 7.63. The molecule has 0 aromatic rings. The van der Waals surface area contributed by atoms with E-state index >= 15 is 0 Å². The summed E-state index contributed by atoms with van der Waals surface area (Å²) in [6, 6.07) is 0. The summed E-state index contributed by atoms with van der Waals surface area (Å²) in [6.07, 6.45) is 1.89. The fraction of sp³-hybridized carbons (Fsp3) is 0.852.